The van der Waals surface area contributed by atoms with Crippen molar-refractivity contribution in [2.45, 2.75) is 46.1 Å². The zero-order chi connectivity index (χ0) is 19.9. The first-order chi connectivity index (χ1) is 12.7. The third kappa shape index (κ3) is 3.51. The summed E-state index contributed by atoms with van der Waals surface area (Å²) in [7, 11) is 0. The van der Waals surface area contributed by atoms with Crippen molar-refractivity contribution in [1.29, 1.82) is 0 Å². The summed E-state index contributed by atoms with van der Waals surface area (Å²) in [6, 6.07) is 1.40. The van der Waals surface area contributed by atoms with Gasteiger partial charge in [0.15, 0.2) is 5.78 Å². The quantitative estimate of drug-likeness (QED) is 0.833. The average Bonchev–Trinajstić information content (AvgIpc) is 2.55. The van der Waals surface area contributed by atoms with E-state index in [4.69, 9.17) is 0 Å². The van der Waals surface area contributed by atoms with Crippen molar-refractivity contribution >= 4 is 34.1 Å². The monoisotopic (exact) mass is 373 g/mol. The van der Waals surface area contributed by atoms with Crippen molar-refractivity contribution in [2.24, 2.45) is 5.92 Å². The Hall–Kier alpha value is -2.90. The smallest absolute Gasteiger partial charge is 0.264 e. The molecule has 0 radical (unpaired) electrons. The molecule has 0 spiro atoms. The summed E-state index contributed by atoms with van der Waals surface area (Å²) in [6.45, 7) is 4.91. The number of amides is 1. The number of ketones is 2. The van der Waals surface area contributed by atoms with Crippen molar-refractivity contribution < 1.29 is 18.8 Å². The van der Waals surface area contributed by atoms with Crippen LogP contribution in [0.4, 0.5) is 10.1 Å². The van der Waals surface area contributed by atoms with E-state index < -0.39 is 17.4 Å². The van der Waals surface area contributed by atoms with E-state index >= 15 is 0 Å². The fraction of sp³-hybridized carbons (Fsp3) is 0.421. The summed E-state index contributed by atoms with van der Waals surface area (Å²) < 4.78 is 15.2. The Kier molecular flexibility index (Phi) is 4.91. The molecule has 7 nitrogen and oxygen atoms in total. The van der Waals surface area contributed by atoms with Gasteiger partial charge in [0.25, 0.3) is 5.56 Å². The van der Waals surface area contributed by atoms with Crippen LogP contribution in [0.2, 0.25) is 0 Å². The molecule has 1 aliphatic carbocycles. The highest BCUT2D eigenvalue weighted by Crippen LogP contribution is 2.26. The Morgan fingerprint density at radius 2 is 2.00 bits per heavy atom. The van der Waals surface area contributed by atoms with Crippen molar-refractivity contribution in [2.75, 3.05) is 5.32 Å². The van der Waals surface area contributed by atoms with E-state index in [1.54, 1.807) is 20.8 Å². The minimum Gasteiger partial charge on any atom is -0.325 e. The molecule has 3 rings (SSSR count). The van der Waals surface area contributed by atoms with Gasteiger partial charge in [-0.15, -0.1) is 0 Å². The lowest BCUT2D eigenvalue weighted by Crippen LogP contribution is -2.36. The zero-order valence-corrected chi connectivity index (χ0v) is 15.3. The molecule has 1 N–H and O–H groups in total. The number of halogens is 1. The topological polar surface area (TPSA) is 98.1 Å². The fourth-order valence-corrected chi connectivity index (χ4v) is 3.28. The first kappa shape index (κ1) is 18.9. The number of rotatable bonds is 3. The number of carbonyl (C=O) groups excluding carboxylic acids is 3. The number of nitrogens with one attached hydrogen (secondary N) is 1. The van der Waals surface area contributed by atoms with Crippen LogP contribution in [-0.4, -0.2) is 27.0 Å². The highest BCUT2D eigenvalue weighted by molar-refractivity contribution is 6.04. The number of anilines is 1. The summed E-state index contributed by atoms with van der Waals surface area (Å²) in [5.74, 6) is -1.60. The molecule has 1 heterocycles. The van der Waals surface area contributed by atoms with Crippen LogP contribution in [0.15, 0.2) is 16.9 Å². The number of carbonyl (C=O) groups is 3. The van der Waals surface area contributed by atoms with Crippen LogP contribution >= 0.6 is 0 Å². The van der Waals surface area contributed by atoms with Crippen molar-refractivity contribution in [3.63, 3.8) is 0 Å². The number of Topliss-reactive ketones (excluding diaryl/α,β-unsaturated/α-hetero) is 2. The molecule has 0 saturated heterocycles. The molecule has 1 fully saturated rings. The Labute approximate surface area is 154 Å². The largest absolute Gasteiger partial charge is 0.325 e. The van der Waals surface area contributed by atoms with Crippen molar-refractivity contribution in [3.05, 3.63) is 34.1 Å². The van der Waals surface area contributed by atoms with E-state index in [2.05, 4.69) is 10.3 Å². The van der Waals surface area contributed by atoms with Gasteiger partial charge < -0.3 is 5.32 Å². The minimum atomic E-state index is -0.786. The van der Waals surface area contributed by atoms with Gasteiger partial charge in [-0.2, -0.15) is 0 Å². The van der Waals surface area contributed by atoms with E-state index in [9.17, 15) is 23.6 Å². The number of aryl methyl sites for hydroxylation is 1. The SMILES string of the molecule is Cc1nc2cc(F)cc(NC(=O)C(C)C)c2c(=O)n1[C@H]1CCC(=O)CC1=O. The van der Waals surface area contributed by atoms with E-state index in [-0.39, 0.29) is 65.1 Å². The minimum absolute atomic E-state index is 0.0225. The molecule has 142 valence electrons. The lowest BCUT2D eigenvalue weighted by molar-refractivity contribution is -0.132. The molecule has 1 aromatic heterocycles. The van der Waals surface area contributed by atoms with E-state index in [1.165, 1.54) is 4.57 Å². The van der Waals surface area contributed by atoms with Gasteiger partial charge >= 0.3 is 0 Å². The summed E-state index contributed by atoms with van der Waals surface area (Å²) in [4.78, 5) is 53.3. The summed E-state index contributed by atoms with van der Waals surface area (Å²) >= 11 is 0. The fourth-order valence-electron chi connectivity index (χ4n) is 3.28. The number of fused-ring (bicyclic) bond motifs is 1. The lowest BCUT2D eigenvalue weighted by Gasteiger charge is -2.24. The maximum Gasteiger partial charge on any atom is 0.264 e. The molecule has 8 heteroatoms. The Morgan fingerprint density at radius 3 is 2.63 bits per heavy atom. The Morgan fingerprint density at radius 1 is 1.30 bits per heavy atom. The van der Waals surface area contributed by atoms with E-state index in [0.29, 0.717) is 0 Å². The molecule has 1 atom stereocenters. The molecule has 1 aromatic carbocycles. The van der Waals surface area contributed by atoms with Crippen molar-refractivity contribution in [3.8, 4) is 0 Å². The van der Waals surface area contributed by atoms with Gasteiger partial charge in [0.05, 0.1) is 29.1 Å². The van der Waals surface area contributed by atoms with Crippen LogP contribution in [0.5, 0.6) is 0 Å². The second kappa shape index (κ2) is 7.02. The lowest BCUT2D eigenvalue weighted by atomic mass is 9.92. The third-order valence-corrected chi connectivity index (χ3v) is 4.68. The van der Waals surface area contributed by atoms with Gasteiger partial charge in [0, 0.05) is 18.4 Å². The number of nitrogens with zero attached hydrogens (tertiary/aromatic N) is 2. The standard InChI is InChI=1S/C19H20FN3O4/c1-9(2)18(26)22-14-7-11(20)6-13-17(14)19(27)23(10(3)21-13)15-5-4-12(24)8-16(15)25/h6-7,9,15H,4-5,8H2,1-3H3,(H,22,26)/t15-/m0/s1. The Bertz CT molecular complexity index is 1030. The predicted octanol–water partition coefficient (Wildman–Crippen LogP) is 2.30. The van der Waals surface area contributed by atoms with Crippen LogP contribution in [0.1, 0.15) is 45.0 Å². The van der Waals surface area contributed by atoms with Gasteiger partial charge in [-0.05, 0) is 19.4 Å². The van der Waals surface area contributed by atoms with Crippen LogP contribution < -0.4 is 10.9 Å². The van der Waals surface area contributed by atoms with Gasteiger partial charge in [-0.1, -0.05) is 13.8 Å². The second-order valence-corrected chi connectivity index (χ2v) is 7.06. The maximum atomic E-state index is 14.0. The van der Waals surface area contributed by atoms with Crippen LogP contribution in [0.25, 0.3) is 10.9 Å². The van der Waals surface area contributed by atoms with Crippen LogP contribution in [0.3, 0.4) is 0 Å². The van der Waals surface area contributed by atoms with Gasteiger partial charge in [-0.25, -0.2) is 9.37 Å². The highest BCUT2D eigenvalue weighted by Gasteiger charge is 2.31. The molecule has 0 aliphatic heterocycles. The average molecular weight is 373 g/mol. The molecule has 27 heavy (non-hydrogen) atoms. The predicted molar refractivity (Wildman–Crippen MR) is 97.1 cm³/mol. The number of benzene rings is 1. The molecule has 2 aromatic rings. The molecular weight excluding hydrogens is 353 g/mol. The summed E-state index contributed by atoms with van der Waals surface area (Å²) in [5, 5.41) is 2.60. The molecule has 1 saturated carbocycles. The van der Waals surface area contributed by atoms with Gasteiger partial charge in [0.1, 0.15) is 17.4 Å². The molecular formula is C19H20FN3O4. The second-order valence-electron chi connectivity index (χ2n) is 7.06. The van der Waals surface area contributed by atoms with Crippen LogP contribution in [-0.2, 0) is 14.4 Å². The number of hydrogen-bond acceptors (Lipinski definition) is 5. The maximum absolute atomic E-state index is 14.0. The third-order valence-electron chi connectivity index (χ3n) is 4.68. The zero-order valence-electron chi connectivity index (χ0n) is 15.3. The van der Waals surface area contributed by atoms with Crippen LogP contribution in [0, 0.1) is 18.7 Å². The molecule has 0 bridgehead atoms. The normalized spacial score (nSPS) is 17.6. The number of aromatic nitrogens is 2. The first-order valence-electron chi connectivity index (χ1n) is 8.76. The summed E-state index contributed by atoms with van der Waals surface area (Å²) in [5.41, 5.74) is -0.411. The van der Waals surface area contributed by atoms with Gasteiger partial charge in [0.2, 0.25) is 5.91 Å². The Balaban J connectivity index is 2.21. The van der Waals surface area contributed by atoms with Crippen molar-refractivity contribution in [1.82, 2.24) is 9.55 Å². The van der Waals surface area contributed by atoms with E-state index in [1.807, 2.05) is 0 Å². The van der Waals surface area contributed by atoms with E-state index in [0.717, 1.165) is 12.1 Å². The molecule has 0 unspecified atom stereocenters. The van der Waals surface area contributed by atoms with Gasteiger partial charge in [-0.3, -0.25) is 23.7 Å². The summed E-state index contributed by atoms with van der Waals surface area (Å²) in [6.07, 6.45) is 0.218. The first-order valence-corrected chi connectivity index (χ1v) is 8.76. The molecule has 1 amide bonds. The highest BCUT2D eigenvalue weighted by atomic mass is 19.1. The molecule has 1 aliphatic rings. The number of hydrogen-bond donors (Lipinski definition) is 1.